The molecule has 0 unspecified atom stereocenters. The number of anilines is 1. The molecule has 0 aliphatic carbocycles. The van der Waals surface area contributed by atoms with E-state index in [0.717, 1.165) is 11.1 Å². The molecule has 0 fully saturated rings. The van der Waals surface area contributed by atoms with Crippen molar-refractivity contribution in [1.29, 1.82) is 0 Å². The van der Waals surface area contributed by atoms with Gasteiger partial charge in [-0.05, 0) is 44.5 Å². The molecule has 0 saturated heterocycles. The van der Waals surface area contributed by atoms with Crippen molar-refractivity contribution in [1.82, 2.24) is 5.16 Å². The molecule has 25 heavy (non-hydrogen) atoms. The zero-order valence-corrected chi connectivity index (χ0v) is 15.2. The number of sulfonamides is 1. The highest BCUT2D eigenvalue weighted by Crippen LogP contribution is 2.30. The largest absolute Gasteiger partial charge is 0.361 e. The lowest BCUT2D eigenvalue weighted by atomic mass is 10.1. The number of hydrogen-bond donors (Lipinski definition) is 0. The Bertz CT molecular complexity index is 959. The first-order valence-corrected chi connectivity index (χ1v) is 9.40. The number of aromatic nitrogens is 1. The molecule has 6 heteroatoms. The van der Waals surface area contributed by atoms with Crippen molar-refractivity contribution >= 4 is 15.7 Å². The van der Waals surface area contributed by atoms with Crippen molar-refractivity contribution in [2.45, 2.75) is 32.2 Å². The zero-order valence-electron chi connectivity index (χ0n) is 14.4. The molecular formula is C19H20N2O3S. The highest BCUT2D eigenvalue weighted by molar-refractivity contribution is 7.92. The first-order valence-electron chi connectivity index (χ1n) is 7.96. The second-order valence-corrected chi connectivity index (χ2v) is 7.78. The van der Waals surface area contributed by atoms with E-state index in [1.54, 1.807) is 37.3 Å². The molecule has 2 aromatic carbocycles. The van der Waals surface area contributed by atoms with Crippen molar-refractivity contribution in [3.63, 3.8) is 0 Å². The van der Waals surface area contributed by atoms with Gasteiger partial charge in [0.15, 0.2) is 0 Å². The van der Waals surface area contributed by atoms with Crippen LogP contribution in [0.4, 0.5) is 5.69 Å². The molecule has 5 nitrogen and oxygen atoms in total. The fourth-order valence-corrected chi connectivity index (χ4v) is 4.25. The molecule has 0 radical (unpaired) electrons. The molecule has 0 bridgehead atoms. The van der Waals surface area contributed by atoms with Crippen LogP contribution in [-0.4, -0.2) is 13.6 Å². The van der Waals surface area contributed by atoms with E-state index in [4.69, 9.17) is 4.52 Å². The van der Waals surface area contributed by atoms with Gasteiger partial charge in [0.2, 0.25) is 0 Å². The second-order valence-electron chi connectivity index (χ2n) is 5.91. The van der Waals surface area contributed by atoms with Gasteiger partial charge in [-0.25, -0.2) is 8.42 Å². The molecule has 0 saturated carbocycles. The van der Waals surface area contributed by atoms with Crippen molar-refractivity contribution in [3.8, 4) is 0 Å². The molecule has 0 aliphatic rings. The van der Waals surface area contributed by atoms with Gasteiger partial charge >= 0.3 is 0 Å². The minimum absolute atomic E-state index is 0.170. The normalized spacial score (nSPS) is 11.5. The lowest BCUT2D eigenvalue weighted by molar-refractivity contribution is 0.392. The number of rotatable bonds is 5. The minimum Gasteiger partial charge on any atom is -0.361 e. The summed E-state index contributed by atoms with van der Waals surface area (Å²) in [6.07, 6.45) is 0. The lowest BCUT2D eigenvalue weighted by Gasteiger charge is -2.26. The molecule has 0 amide bonds. The number of benzene rings is 2. The van der Waals surface area contributed by atoms with Crippen molar-refractivity contribution in [3.05, 3.63) is 77.2 Å². The Morgan fingerprint density at radius 2 is 1.60 bits per heavy atom. The Labute approximate surface area is 147 Å². The van der Waals surface area contributed by atoms with Crippen LogP contribution in [0.15, 0.2) is 64.0 Å². The fourth-order valence-electron chi connectivity index (χ4n) is 2.73. The maximum absolute atomic E-state index is 13.3. The van der Waals surface area contributed by atoms with E-state index in [9.17, 15) is 8.42 Å². The van der Waals surface area contributed by atoms with Gasteiger partial charge in [0, 0.05) is 5.56 Å². The first-order chi connectivity index (χ1) is 11.9. The van der Waals surface area contributed by atoms with Crippen LogP contribution in [-0.2, 0) is 16.6 Å². The van der Waals surface area contributed by atoms with Gasteiger partial charge in [0.25, 0.3) is 10.0 Å². The van der Waals surface area contributed by atoms with Crippen molar-refractivity contribution < 1.29 is 12.9 Å². The average Bonchev–Trinajstić information content (AvgIpc) is 2.92. The summed E-state index contributed by atoms with van der Waals surface area (Å²) in [7, 11) is -3.72. The van der Waals surface area contributed by atoms with Crippen LogP contribution < -0.4 is 4.31 Å². The van der Waals surface area contributed by atoms with E-state index in [0.29, 0.717) is 17.1 Å². The third-order valence-corrected chi connectivity index (χ3v) is 5.97. The van der Waals surface area contributed by atoms with Gasteiger partial charge in [0.1, 0.15) is 5.76 Å². The minimum atomic E-state index is -3.72. The zero-order chi connectivity index (χ0) is 18.0. The quantitative estimate of drug-likeness (QED) is 0.693. The van der Waals surface area contributed by atoms with E-state index in [-0.39, 0.29) is 11.4 Å². The highest BCUT2D eigenvalue weighted by Gasteiger charge is 2.28. The Morgan fingerprint density at radius 3 is 2.20 bits per heavy atom. The smallest absolute Gasteiger partial charge is 0.264 e. The Hall–Kier alpha value is -2.60. The SMILES string of the molecule is Cc1ccccc1N(Cc1c(C)noc1C)S(=O)(=O)c1ccccc1. The maximum atomic E-state index is 13.3. The fraction of sp³-hybridized carbons (Fsp3) is 0.211. The summed E-state index contributed by atoms with van der Waals surface area (Å²) in [5, 5.41) is 3.94. The van der Waals surface area contributed by atoms with Crippen LogP contribution in [0.25, 0.3) is 0 Å². The van der Waals surface area contributed by atoms with Crippen LogP contribution in [0.2, 0.25) is 0 Å². The molecule has 1 heterocycles. The highest BCUT2D eigenvalue weighted by atomic mass is 32.2. The number of aryl methyl sites for hydroxylation is 3. The summed E-state index contributed by atoms with van der Waals surface area (Å²) in [5.41, 5.74) is 3.00. The summed E-state index contributed by atoms with van der Waals surface area (Å²) in [4.78, 5) is 0.255. The maximum Gasteiger partial charge on any atom is 0.264 e. The first kappa shape index (κ1) is 17.2. The molecule has 3 aromatic rings. The summed E-state index contributed by atoms with van der Waals surface area (Å²) in [6.45, 7) is 5.68. The molecule has 1 aromatic heterocycles. The standard InChI is InChI=1S/C19H20N2O3S/c1-14-9-7-8-12-19(14)21(13-18-15(2)20-24-16(18)3)25(22,23)17-10-5-4-6-11-17/h4-12H,13H2,1-3H3. The van der Waals surface area contributed by atoms with Gasteiger partial charge in [0.05, 0.1) is 22.8 Å². The van der Waals surface area contributed by atoms with E-state index in [2.05, 4.69) is 5.16 Å². The van der Waals surface area contributed by atoms with E-state index in [1.165, 1.54) is 4.31 Å². The number of para-hydroxylation sites is 1. The number of hydrogen-bond acceptors (Lipinski definition) is 4. The molecule has 0 atom stereocenters. The van der Waals surface area contributed by atoms with E-state index >= 15 is 0 Å². The monoisotopic (exact) mass is 356 g/mol. The van der Waals surface area contributed by atoms with Crippen LogP contribution in [0.5, 0.6) is 0 Å². The van der Waals surface area contributed by atoms with Gasteiger partial charge in [-0.15, -0.1) is 0 Å². The van der Waals surface area contributed by atoms with E-state index in [1.807, 2.05) is 38.1 Å². The Morgan fingerprint density at radius 1 is 0.960 bits per heavy atom. The van der Waals surface area contributed by atoms with Crippen molar-refractivity contribution in [2.24, 2.45) is 0 Å². The summed E-state index contributed by atoms with van der Waals surface area (Å²) >= 11 is 0. The summed E-state index contributed by atoms with van der Waals surface area (Å²) in [5.74, 6) is 0.624. The molecule has 0 aliphatic heterocycles. The van der Waals surface area contributed by atoms with Gasteiger partial charge < -0.3 is 4.52 Å². The van der Waals surface area contributed by atoms with Gasteiger partial charge in [-0.1, -0.05) is 41.6 Å². The van der Waals surface area contributed by atoms with Crippen LogP contribution >= 0.6 is 0 Å². The predicted molar refractivity (Wildman–Crippen MR) is 97.0 cm³/mol. The summed E-state index contributed by atoms with van der Waals surface area (Å²) in [6, 6.07) is 15.9. The van der Waals surface area contributed by atoms with E-state index < -0.39 is 10.0 Å². The van der Waals surface area contributed by atoms with Crippen LogP contribution in [0, 0.1) is 20.8 Å². The Kier molecular flexibility index (Phi) is 4.63. The summed E-state index contributed by atoms with van der Waals surface area (Å²) < 4.78 is 33.2. The van der Waals surface area contributed by atoms with Crippen LogP contribution in [0.3, 0.4) is 0 Å². The molecule has 0 N–H and O–H groups in total. The van der Waals surface area contributed by atoms with Gasteiger partial charge in [-0.2, -0.15) is 0 Å². The third kappa shape index (κ3) is 3.30. The van der Waals surface area contributed by atoms with Crippen molar-refractivity contribution in [2.75, 3.05) is 4.31 Å². The molecule has 130 valence electrons. The average molecular weight is 356 g/mol. The second kappa shape index (κ2) is 6.72. The molecule has 0 spiro atoms. The topological polar surface area (TPSA) is 63.4 Å². The lowest BCUT2D eigenvalue weighted by Crippen LogP contribution is -2.31. The Balaban J connectivity index is 2.15. The predicted octanol–water partition coefficient (Wildman–Crippen LogP) is 4.00. The third-order valence-electron chi connectivity index (χ3n) is 4.20. The number of nitrogens with zero attached hydrogens (tertiary/aromatic N) is 2. The molecule has 3 rings (SSSR count). The van der Waals surface area contributed by atoms with Crippen LogP contribution in [0.1, 0.15) is 22.6 Å². The van der Waals surface area contributed by atoms with Gasteiger partial charge in [-0.3, -0.25) is 4.31 Å². The molecular weight excluding hydrogens is 336 g/mol.